The molecule has 0 aliphatic carbocycles. The highest BCUT2D eigenvalue weighted by molar-refractivity contribution is 5.89. The lowest BCUT2D eigenvalue weighted by atomic mass is 9.53. The minimum Gasteiger partial charge on any atom is -0.496 e. The van der Waals surface area contributed by atoms with Gasteiger partial charge in [-0.1, -0.05) is 31.5 Å². The molecule has 0 saturated carbocycles. The highest BCUT2D eigenvalue weighted by Crippen LogP contribution is 2.67. The van der Waals surface area contributed by atoms with Crippen molar-refractivity contribution in [2.45, 2.75) is 38.6 Å². The highest BCUT2D eigenvalue weighted by atomic mass is 16.7. The van der Waals surface area contributed by atoms with Crippen LogP contribution in [-0.4, -0.2) is 18.8 Å². The van der Waals surface area contributed by atoms with Crippen LogP contribution in [-0.2, 0) is 9.47 Å². The summed E-state index contributed by atoms with van der Waals surface area (Å²) in [5.74, 6) is -1.84. The number of nitrogens with zero attached hydrogens (tertiary/aromatic N) is 3. The van der Waals surface area contributed by atoms with Crippen molar-refractivity contribution in [3.63, 3.8) is 0 Å². The number of fused-ring (bicyclic) bond motifs is 2. The number of hydrogen-bond acceptors (Lipinski definition) is 7. The van der Waals surface area contributed by atoms with Gasteiger partial charge in [0.25, 0.3) is 0 Å². The molecule has 2 aliphatic rings. The van der Waals surface area contributed by atoms with Crippen molar-refractivity contribution in [2.75, 3.05) is 7.11 Å². The Kier molecular flexibility index (Phi) is 4.34. The lowest BCUT2D eigenvalue weighted by Crippen LogP contribution is -2.58. The van der Waals surface area contributed by atoms with Crippen molar-refractivity contribution in [3.8, 4) is 24.0 Å². The Labute approximate surface area is 158 Å². The van der Waals surface area contributed by atoms with Gasteiger partial charge in [0, 0.05) is 12.5 Å². The van der Waals surface area contributed by atoms with Gasteiger partial charge in [0.15, 0.2) is 5.41 Å². The molecule has 1 N–H and O–H groups in total. The van der Waals surface area contributed by atoms with E-state index in [9.17, 15) is 15.8 Å². The molecule has 4 atom stereocenters. The number of rotatable bonds is 4. The maximum absolute atomic E-state index is 10.2. The molecule has 0 amide bonds. The summed E-state index contributed by atoms with van der Waals surface area (Å²) >= 11 is 0. The van der Waals surface area contributed by atoms with Gasteiger partial charge >= 0.3 is 0 Å². The van der Waals surface area contributed by atoms with E-state index in [4.69, 9.17) is 19.6 Å². The zero-order valence-electron chi connectivity index (χ0n) is 15.4. The monoisotopic (exact) mass is 364 g/mol. The Morgan fingerprint density at radius 1 is 1.19 bits per heavy atom. The highest BCUT2D eigenvalue weighted by Gasteiger charge is 2.79. The average molecular weight is 364 g/mol. The number of para-hydroxylation sites is 1. The second kappa shape index (κ2) is 6.27. The first-order valence-electron chi connectivity index (χ1n) is 8.73. The van der Waals surface area contributed by atoms with Crippen molar-refractivity contribution in [1.82, 2.24) is 0 Å². The summed E-state index contributed by atoms with van der Waals surface area (Å²) in [7, 11) is 1.48. The van der Waals surface area contributed by atoms with Crippen molar-refractivity contribution < 1.29 is 14.2 Å². The second-order valence-electron chi connectivity index (χ2n) is 6.98. The first kappa shape index (κ1) is 18.7. The number of benzene rings is 1. The summed E-state index contributed by atoms with van der Waals surface area (Å²) in [5, 5.41) is 38.9. The van der Waals surface area contributed by atoms with E-state index in [1.807, 2.05) is 19.1 Å². The van der Waals surface area contributed by atoms with E-state index < -0.39 is 28.6 Å². The van der Waals surface area contributed by atoms with Crippen LogP contribution in [0.25, 0.3) is 0 Å². The van der Waals surface area contributed by atoms with Crippen LogP contribution in [0.2, 0.25) is 0 Å². The zero-order chi connectivity index (χ0) is 19.9. The summed E-state index contributed by atoms with van der Waals surface area (Å²) in [6.07, 6.45) is 0.0656. The van der Waals surface area contributed by atoms with Crippen molar-refractivity contribution in [2.24, 2.45) is 16.7 Å². The van der Waals surface area contributed by atoms with Crippen molar-refractivity contribution in [1.29, 1.82) is 21.2 Å². The molecule has 1 aromatic carbocycles. The molecule has 2 aliphatic heterocycles. The third kappa shape index (κ3) is 2.11. The van der Waals surface area contributed by atoms with Gasteiger partial charge in [-0.25, -0.2) is 0 Å². The van der Waals surface area contributed by atoms with Crippen LogP contribution in [0.5, 0.6) is 5.75 Å². The Bertz CT molecular complexity index is 895. The van der Waals surface area contributed by atoms with E-state index >= 15 is 0 Å². The van der Waals surface area contributed by atoms with E-state index in [0.29, 0.717) is 24.2 Å². The standard InChI is InChI=1S/C20H20N4O3/c1-4-7-15-18(2)26-16(13-8-5-6-9-14(13)25-3)19(10-21,11-22)20(15,12-23)17(24)27-18/h5-6,8-9,15-16,24H,4,7H2,1-3H3. The Morgan fingerprint density at radius 3 is 2.41 bits per heavy atom. The van der Waals surface area contributed by atoms with Gasteiger partial charge in [0.05, 0.1) is 31.2 Å². The number of ether oxygens (including phenoxy) is 3. The van der Waals surface area contributed by atoms with E-state index in [-0.39, 0.29) is 5.90 Å². The maximum atomic E-state index is 10.2. The molecule has 7 nitrogen and oxygen atoms in total. The van der Waals surface area contributed by atoms with Crippen LogP contribution in [0.4, 0.5) is 0 Å². The topological polar surface area (TPSA) is 123 Å². The van der Waals surface area contributed by atoms with Crippen molar-refractivity contribution >= 4 is 5.90 Å². The Hall–Kier alpha value is -3.08. The lowest BCUT2D eigenvalue weighted by Gasteiger charge is -2.48. The van der Waals surface area contributed by atoms with Crippen LogP contribution >= 0.6 is 0 Å². The molecule has 7 heteroatoms. The summed E-state index contributed by atoms with van der Waals surface area (Å²) in [6, 6.07) is 13.1. The third-order valence-electron chi connectivity index (χ3n) is 5.71. The Morgan fingerprint density at radius 2 is 1.85 bits per heavy atom. The predicted molar refractivity (Wildman–Crippen MR) is 94.1 cm³/mol. The molecule has 3 rings (SSSR count). The van der Waals surface area contributed by atoms with Gasteiger partial charge in [-0.15, -0.1) is 0 Å². The van der Waals surface area contributed by atoms with E-state index in [1.54, 1.807) is 31.2 Å². The lowest BCUT2D eigenvalue weighted by molar-refractivity contribution is -0.274. The fourth-order valence-electron chi connectivity index (χ4n) is 4.48. The molecule has 4 unspecified atom stereocenters. The first-order valence-corrected chi connectivity index (χ1v) is 8.73. The number of hydrogen-bond donors (Lipinski definition) is 1. The predicted octanol–water partition coefficient (Wildman–Crippen LogP) is 3.45. The number of nitrogens with one attached hydrogen (secondary N) is 1. The molecule has 0 spiro atoms. The zero-order valence-corrected chi connectivity index (χ0v) is 15.4. The third-order valence-corrected chi connectivity index (χ3v) is 5.71. The summed E-state index contributed by atoms with van der Waals surface area (Å²) in [4.78, 5) is 0. The fourth-order valence-corrected chi connectivity index (χ4v) is 4.48. The minimum absolute atomic E-state index is 0.383. The molecule has 0 radical (unpaired) electrons. The largest absolute Gasteiger partial charge is 0.496 e. The summed E-state index contributed by atoms with van der Waals surface area (Å²) < 4.78 is 17.3. The van der Waals surface area contributed by atoms with Crippen LogP contribution in [0.15, 0.2) is 24.3 Å². The molecule has 2 saturated heterocycles. The molecule has 0 aromatic heterocycles. The molecule has 2 fully saturated rings. The smallest absolute Gasteiger partial charge is 0.214 e. The van der Waals surface area contributed by atoms with E-state index in [1.165, 1.54) is 7.11 Å². The molecule has 1 aromatic rings. The van der Waals surface area contributed by atoms with E-state index in [2.05, 4.69) is 6.07 Å². The van der Waals surface area contributed by atoms with Crippen molar-refractivity contribution in [3.05, 3.63) is 29.8 Å². The van der Waals surface area contributed by atoms with Gasteiger partial charge in [-0.05, 0) is 12.5 Å². The molecule has 138 valence electrons. The minimum atomic E-state index is -1.96. The normalized spacial score (nSPS) is 33.3. The van der Waals surface area contributed by atoms with Crippen LogP contribution in [0.3, 0.4) is 0 Å². The number of nitriles is 3. The van der Waals surface area contributed by atoms with Gasteiger partial charge < -0.3 is 14.2 Å². The molecular formula is C20H20N4O3. The molecule has 27 heavy (non-hydrogen) atoms. The Balaban J connectivity index is 2.34. The second-order valence-corrected chi connectivity index (χ2v) is 6.98. The van der Waals surface area contributed by atoms with Gasteiger partial charge in [-0.3, -0.25) is 5.41 Å². The van der Waals surface area contributed by atoms with Crippen LogP contribution in [0.1, 0.15) is 38.4 Å². The molecule has 2 bridgehead atoms. The number of methoxy groups -OCH3 is 1. The van der Waals surface area contributed by atoms with E-state index in [0.717, 1.165) is 0 Å². The van der Waals surface area contributed by atoms with Crippen LogP contribution in [0, 0.1) is 56.2 Å². The fraction of sp³-hybridized carbons (Fsp3) is 0.500. The SMILES string of the molecule is CCCC1C2(C)OC(=N)C1(C#N)C(C#N)(C#N)C(c1ccccc1OC)O2. The van der Waals surface area contributed by atoms with Gasteiger partial charge in [0.2, 0.25) is 17.1 Å². The first-order chi connectivity index (χ1) is 12.9. The van der Waals surface area contributed by atoms with Gasteiger partial charge in [0.1, 0.15) is 11.9 Å². The average Bonchev–Trinajstić information content (AvgIpc) is 2.85. The quantitative estimate of drug-likeness (QED) is 0.873. The summed E-state index contributed by atoms with van der Waals surface area (Å²) in [5.41, 5.74) is -3.21. The molecule has 2 heterocycles. The van der Waals surface area contributed by atoms with Gasteiger partial charge in [-0.2, -0.15) is 15.8 Å². The molecular weight excluding hydrogens is 344 g/mol. The summed E-state index contributed by atoms with van der Waals surface area (Å²) in [6.45, 7) is 3.60. The maximum Gasteiger partial charge on any atom is 0.214 e. The van der Waals surface area contributed by atoms with Crippen LogP contribution < -0.4 is 4.74 Å².